The van der Waals surface area contributed by atoms with Gasteiger partial charge in [0.2, 0.25) is 0 Å². The van der Waals surface area contributed by atoms with E-state index in [-0.39, 0.29) is 11.9 Å². The van der Waals surface area contributed by atoms with Crippen LogP contribution in [0.3, 0.4) is 0 Å². The minimum atomic E-state index is -0.253. The van der Waals surface area contributed by atoms with Gasteiger partial charge in [-0.1, -0.05) is 63.1 Å². The van der Waals surface area contributed by atoms with Crippen molar-refractivity contribution in [1.29, 1.82) is 0 Å². The molecule has 4 nitrogen and oxygen atoms in total. The summed E-state index contributed by atoms with van der Waals surface area (Å²) < 4.78 is 11.1. The average Bonchev–Trinajstić information content (AvgIpc) is 2.66. The molecule has 2 rings (SSSR count). The van der Waals surface area contributed by atoms with Gasteiger partial charge in [0.25, 0.3) is 0 Å². The van der Waals surface area contributed by atoms with Crippen LogP contribution in [0.2, 0.25) is 0 Å². The molecule has 0 saturated carbocycles. The number of hydrogen-bond acceptors (Lipinski definition) is 4. The quantitative estimate of drug-likeness (QED) is 0.438. The molecule has 0 atom stereocenters. The fourth-order valence-corrected chi connectivity index (χ4v) is 2.55. The number of carbonyl (C=O) groups excluding carboxylic acids is 2. The average molecular weight is 354 g/mol. The fraction of sp³-hybridized carbons (Fsp3) is 0.364. The molecule has 2 aromatic carbocycles. The Kier molecular flexibility index (Phi) is 7.87. The van der Waals surface area contributed by atoms with E-state index < -0.39 is 0 Å². The van der Waals surface area contributed by atoms with Gasteiger partial charge in [-0.3, -0.25) is 9.59 Å². The zero-order valence-electron chi connectivity index (χ0n) is 15.5. The number of esters is 2. The summed E-state index contributed by atoms with van der Waals surface area (Å²) in [6, 6.07) is 14.6. The first-order chi connectivity index (χ1) is 12.7. The van der Waals surface area contributed by atoms with Crippen molar-refractivity contribution in [1.82, 2.24) is 0 Å². The summed E-state index contributed by atoms with van der Waals surface area (Å²) in [5, 5.41) is 0. The van der Waals surface area contributed by atoms with E-state index in [1.165, 1.54) is 0 Å². The summed E-state index contributed by atoms with van der Waals surface area (Å²) >= 11 is 0. The van der Waals surface area contributed by atoms with E-state index in [9.17, 15) is 9.59 Å². The molecule has 0 aliphatic rings. The maximum atomic E-state index is 12.0. The van der Waals surface area contributed by atoms with Crippen LogP contribution < -0.4 is 9.47 Å². The lowest BCUT2D eigenvalue weighted by Crippen LogP contribution is -2.09. The normalized spacial score (nSPS) is 10.4. The molecule has 0 unspecified atom stereocenters. The summed E-state index contributed by atoms with van der Waals surface area (Å²) in [7, 11) is 0. The van der Waals surface area contributed by atoms with Crippen molar-refractivity contribution >= 4 is 11.9 Å². The maximum absolute atomic E-state index is 12.0. The lowest BCUT2D eigenvalue weighted by Gasteiger charge is -2.14. The highest BCUT2D eigenvalue weighted by molar-refractivity contribution is 5.82. The van der Waals surface area contributed by atoms with E-state index in [1.807, 2.05) is 50.2 Å². The van der Waals surface area contributed by atoms with Gasteiger partial charge in [-0.05, 0) is 25.0 Å². The predicted molar refractivity (Wildman–Crippen MR) is 102 cm³/mol. The highest BCUT2D eigenvalue weighted by Gasteiger charge is 2.15. The van der Waals surface area contributed by atoms with Gasteiger partial charge in [-0.15, -0.1) is 0 Å². The number of benzene rings is 2. The van der Waals surface area contributed by atoms with Gasteiger partial charge >= 0.3 is 11.9 Å². The SMILES string of the molecule is CCCCC(=O)Oc1ccccc1-c1ccccc1OC(=O)CCCC. The molecular weight excluding hydrogens is 328 g/mol. The lowest BCUT2D eigenvalue weighted by atomic mass is 10.0. The van der Waals surface area contributed by atoms with Crippen LogP contribution in [0.25, 0.3) is 11.1 Å². The first-order valence-electron chi connectivity index (χ1n) is 9.25. The smallest absolute Gasteiger partial charge is 0.311 e. The van der Waals surface area contributed by atoms with Gasteiger partial charge in [0.15, 0.2) is 0 Å². The molecule has 26 heavy (non-hydrogen) atoms. The van der Waals surface area contributed by atoms with E-state index in [2.05, 4.69) is 0 Å². The topological polar surface area (TPSA) is 52.6 Å². The van der Waals surface area contributed by atoms with Crippen LogP contribution in [0.5, 0.6) is 11.5 Å². The monoisotopic (exact) mass is 354 g/mol. The molecule has 0 aromatic heterocycles. The number of hydrogen-bond donors (Lipinski definition) is 0. The molecule has 0 N–H and O–H groups in total. The lowest BCUT2D eigenvalue weighted by molar-refractivity contribution is -0.135. The summed E-state index contributed by atoms with van der Waals surface area (Å²) in [5.41, 5.74) is 1.47. The minimum Gasteiger partial charge on any atom is -0.426 e. The summed E-state index contributed by atoms with van der Waals surface area (Å²) in [5.74, 6) is 0.449. The molecule has 0 saturated heterocycles. The van der Waals surface area contributed by atoms with E-state index in [4.69, 9.17) is 9.47 Å². The largest absolute Gasteiger partial charge is 0.426 e. The third-order valence-corrected chi connectivity index (χ3v) is 3.98. The summed E-state index contributed by atoms with van der Waals surface area (Å²) in [6.07, 6.45) is 4.25. The molecule has 2 aromatic rings. The standard InChI is InChI=1S/C22H26O4/c1-3-5-15-21(23)25-19-13-9-7-11-17(19)18-12-8-10-14-20(18)26-22(24)16-6-4-2/h7-14H,3-6,15-16H2,1-2H3. The second-order valence-corrected chi connectivity index (χ2v) is 6.15. The van der Waals surface area contributed by atoms with Gasteiger partial charge < -0.3 is 9.47 Å². The van der Waals surface area contributed by atoms with Gasteiger partial charge in [0.1, 0.15) is 11.5 Å². The van der Waals surface area contributed by atoms with Crippen LogP contribution in [-0.4, -0.2) is 11.9 Å². The Hall–Kier alpha value is -2.62. The molecule has 4 heteroatoms. The first kappa shape index (κ1) is 19.7. The Morgan fingerprint density at radius 2 is 1.08 bits per heavy atom. The van der Waals surface area contributed by atoms with Gasteiger partial charge in [0, 0.05) is 24.0 Å². The van der Waals surface area contributed by atoms with E-state index >= 15 is 0 Å². The number of carbonyl (C=O) groups is 2. The Morgan fingerprint density at radius 3 is 1.46 bits per heavy atom. The molecule has 0 fully saturated rings. The number of para-hydroxylation sites is 2. The fourth-order valence-electron chi connectivity index (χ4n) is 2.55. The number of rotatable bonds is 9. The van der Waals surface area contributed by atoms with Crippen LogP contribution in [0.4, 0.5) is 0 Å². The van der Waals surface area contributed by atoms with Crippen LogP contribution >= 0.6 is 0 Å². The van der Waals surface area contributed by atoms with Crippen molar-refractivity contribution in [2.24, 2.45) is 0 Å². The molecule has 0 aliphatic carbocycles. The van der Waals surface area contributed by atoms with E-state index in [1.54, 1.807) is 12.1 Å². The second kappa shape index (κ2) is 10.4. The minimum absolute atomic E-state index is 0.253. The molecule has 0 heterocycles. The van der Waals surface area contributed by atoms with Crippen LogP contribution in [0.15, 0.2) is 48.5 Å². The molecule has 0 radical (unpaired) electrons. The number of unbranched alkanes of at least 4 members (excludes halogenated alkanes) is 2. The van der Waals surface area contributed by atoms with Crippen molar-refractivity contribution in [2.75, 3.05) is 0 Å². The zero-order chi connectivity index (χ0) is 18.8. The Labute approximate surface area is 155 Å². The van der Waals surface area contributed by atoms with Crippen LogP contribution in [0, 0.1) is 0 Å². The molecule has 138 valence electrons. The van der Waals surface area contributed by atoms with E-state index in [0.717, 1.165) is 36.8 Å². The first-order valence-corrected chi connectivity index (χ1v) is 9.25. The van der Waals surface area contributed by atoms with Gasteiger partial charge in [0.05, 0.1) is 0 Å². The molecule has 0 aliphatic heterocycles. The summed E-state index contributed by atoms with van der Waals surface area (Å²) in [4.78, 5) is 24.1. The Balaban J connectivity index is 2.26. The van der Waals surface area contributed by atoms with Crippen LogP contribution in [-0.2, 0) is 9.59 Å². The van der Waals surface area contributed by atoms with Crippen LogP contribution in [0.1, 0.15) is 52.4 Å². The molecule has 0 spiro atoms. The second-order valence-electron chi connectivity index (χ2n) is 6.15. The predicted octanol–water partition coefficient (Wildman–Crippen LogP) is 5.54. The molecule has 0 bridgehead atoms. The Morgan fingerprint density at radius 1 is 0.692 bits per heavy atom. The van der Waals surface area contributed by atoms with Crippen molar-refractivity contribution in [3.05, 3.63) is 48.5 Å². The zero-order valence-corrected chi connectivity index (χ0v) is 15.5. The third kappa shape index (κ3) is 5.73. The maximum Gasteiger partial charge on any atom is 0.311 e. The molecular formula is C22H26O4. The van der Waals surface area contributed by atoms with E-state index in [0.29, 0.717) is 24.3 Å². The summed E-state index contributed by atoms with van der Waals surface area (Å²) in [6.45, 7) is 4.06. The van der Waals surface area contributed by atoms with Gasteiger partial charge in [-0.25, -0.2) is 0 Å². The molecule has 0 amide bonds. The van der Waals surface area contributed by atoms with Crippen molar-refractivity contribution < 1.29 is 19.1 Å². The number of ether oxygens (including phenoxy) is 2. The Bertz CT molecular complexity index is 673. The van der Waals surface area contributed by atoms with Crippen molar-refractivity contribution in [2.45, 2.75) is 52.4 Å². The highest BCUT2D eigenvalue weighted by Crippen LogP contribution is 2.36. The highest BCUT2D eigenvalue weighted by atomic mass is 16.5. The third-order valence-electron chi connectivity index (χ3n) is 3.98. The van der Waals surface area contributed by atoms with Crippen molar-refractivity contribution in [3.8, 4) is 22.6 Å². The van der Waals surface area contributed by atoms with Gasteiger partial charge in [-0.2, -0.15) is 0 Å². The van der Waals surface area contributed by atoms with Crippen molar-refractivity contribution in [3.63, 3.8) is 0 Å².